The Kier molecular flexibility index (Phi) is 7.91. The van der Waals surface area contributed by atoms with E-state index < -0.39 is 0 Å². The maximum atomic E-state index is 5.79. The first-order chi connectivity index (χ1) is 21.5. The third-order valence-electron chi connectivity index (χ3n) is 8.02. The van der Waals surface area contributed by atoms with Crippen molar-refractivity contribution in [2.24, 2.45) is 9.98 Å². The second-order valence-corrected chi connectivity index (χ2v) is 10.7. The summed E-state index contributed by atoms with van der Waals surface area (Å²) >= 11 is 0. The van der Waals surface area contributed by atoms with Crippen LogP contribution in [0.4, 0.5) is 0 Å². The number of hydrogen-bond donors (Lipinski definition) is 0. The minimum atomic E-state index is 0.548. The predicted octanol–water partition coefficient (Wildman–Crippen LogP) is 7.78. The highest BCUT2D eigenvalue weighted by atomic mass is 15.0. The molecule has 2 aliphatic rings. The van der Waals surface area contributed by atoms with Crippen molar-refractivity contribution in [2.75, 3.05) is 7.05 Å². The Morgan fingerprint density at radius 3 is 2.70 bits per heavy atom. The van der Waals surface area contributed by atoms with Gasteiger partial charge in [-0.3, -0.25) is 20.0 Å². The molecule has 1 aliphatic heterocycles. The van der Waals surface area contributed by atoms with Crippen LogP contribution in [0.2, 0.25) is 0 Å². The number of allylic oxidation sites excluding steroid dienone is 9. The van der Waals surface area contributed by atoms with Gasteiger partial charge in [-0.15, -0.1) is 18.1 Å². The molecular weight excluding hydrogens is 540 g/mol. The molecule has 6 nitrogen and oxygen atoms in total. The molecule has 0 fully saturated rings. The topological polar surface area (TPSA) is 60.4 Å². The molecule has 4 aromatic rings. The molecule has 0 atom stereocenters. The largest absolute Gasteiger partial charge is 0.340 e. The summed E-state index contributed by atoms with van der Waals surface area (Å²) in [5, 5.41) is 2.14. The SMILES string of the molecule is C#CC/C(C)=C(\C=C/Cn1c(C)c(C=NC)c2cnccc21)C1=C=CC=C(n2c3c(c4cnccc42)C=NC=C=C3)C=C1C. The molecule has 0 saturated carbocycles. The van der Waals surface area contributed by atoms with Crippen LogP contribution in [0.1, 0.15) is 42.8 Å². The molecule has 0 unspecified atom stereocenters. The van der Waals surface area contributed by atoms with E-state index in [2.05, 4.69) is 97.6 Å². The lowest BCUT2D eigenvalue weighted by Gasteiger charge is -2.13. The number of rotatable bonds is 7. The van der Waals surface area contributed by atoms with Crippen LogP contribution in [0.25, 0.3) is 33.6 Å². The average molecular weight is 573 g/mol. The third-order valence-corrected chi connectivity index (χ3v) is 8.02. The van der Waals surface area contributed by atoms with E-state index in [1.54, 1.807) is 13.2 Å². The normalized spacial score (nSPS) is 14.9. The highest BCUT2D eigenvalue weighted by Crippen LogP contribution is 2.33. The zero-order valence-electron chi connectivity index (χ0n) is 25.3. The fraction of sp³-hybridized carbons (Fsp3) is 0.158. The predicted molar refractivity (Wildman–Crippen MR) is 183 cm³/mol. The van der Waals surface area contributed by atoms with Gasteiger partial charge in [-0.2, -0.15) is 0 Å². The fourth-order valence-corrected chi connectivity index (χ4v) is 5.94. The van der Waals surface area contributed by atoms with Gasteiger partial charge in [0.1, 0.15) is 0 Å². The van der Waals surface area contributed by atoms with Gasteiger partial charge in [-0.05, 0) is 62.3 Å². The first kappa shape index (κ1) is 28.4. The van der Waals surface area contributed by atoms with Crippen LogP contribution >= 0.6 is 0 Å². The summed E-state index contributed by atoms with van der Waals surface area (Å²) in [5.41, 5.74) is 18.5. The zero-order valence-corrected chi connectivity index (χ0v) is 25.3. The first-order valence-electron chi connectivity index (χ1n) is 14.5. The Labute approximate surface area is 257 Å². The fourth-order valence-electron chi connectivity index (χ4n) is 5.94. The molecule has 4 aromatic heterocycles. The summed E-state index contributed by atoms with van der Waals surface area (Å²) in [7, 11) is 1.79. The summed E-state index contributed by atoms with van der Waals surface area (Å²) in [6.45, 7) is 7.04. The van der Waals surface area contributed by atoms with E-state index in [0.717, 1.165) is 72.3 Å². The smallest absolute Gasteiger partial charge is 0.0687 e. The number of aliphatic imine (C=N–C) groups is 2. The molecule has 0 amide bonds. The highest BCUT2D eigenvalue weighted by Gasteiger charge is 2.19. The van der Waals surface area contributed by atoms with Gasteiger partial charge in [0.05, 0.1) is 22.9 Å². The third kappa shape index (κ3) is 5.08. The first-order valence-corrected chi connectivity index (χ1v) is 14.5. The minimum absolute atomic E-state index is 0.548. The Morgan fingerprint density at radius 2 is 1.91 bits per heavy atom. The molecule has 1 aliphatic carbocycles. The highest BCUT2D eigenvalue weighted by molar-refractivity contribution is 6.05. The summed E-state index contributed by atoms with van der Waals surface area (Å²) in [4.78, 5) is 17.4. The van der Waals surface area contributed by atoms with Crippen LogP contribution in [0, 0.1) is 19.3 Å². The summed E-state index contributed by atoms with van der Waals surface area (Å²) in [6, 6.07) is 4.09. The number of aromatic nitrogens is 4. The molecule has 6 rings (SSSR count). The van der Waals surface area contributed by atoms with E-state index in [-0.39, 0.29) is 0 Å². The average Bonchev–Trinajstić information content (AvgIpc) is 3.23. The molecule has 0 spiro atoms. The van der Waals surface area contributed by atoms with Crippen molar-refractivity contribution in [3.05, 3.63) is 130 Å². The van der Waals surface area contributed by atoms with E-state index in [9.17, 15) is 0 Å². The lowest BCUT2D eigenvalue weighted by atomic mass is 9.93. The van der Waals surface area contributed by atoms with Crippen LogP contribution in [0.5, 0.6) is 0 Å². The Hall–Kier alpha value is -5.72. The Morgan fingerprint density at radius 1 is 1.11 bits per heavy atom. The standard InChI is InChI=1S/C38H32N6/c1-6-10-26(2)30(13-9-20-43-28(4)32(22-39-5)33-23-41-18-15-36(33)43)31-12-7-11-29(21-27(31)3)44-37-14-8-17-40-24-34(37)35-25-42-19-16-38(35)44/h1,7,9,11,13-19,21-25H,10,20H2,2-5H3/b13-9-,30-26+,39-22?. The summed E-state index contributed by atoms with van der Waals surface area (Å²) in [6.07, 6.45) is 31.9. The molecule has 214 valence electrons. The van der Waals surface area contributed by atoms with Crippen LogP contribution in [-0.2, 0) is 6.54 Å². The van der Waals surface area contributed by atoms with E-state index >= 15 is 0 Å². The number of fused-ring (bicyclic) bond motifs is 4. The van der Waals surface area contributed by atoms with Crippen molar-refractivity contribution in [3.8, 4) is 12.3 Å². The van der Waals surface area contributed by atoms with Crippen molar-refractivity contribution in [1.29, 1.82) is 0 Å². The number of hydrogen-bond acceptors (Lipinski definition) is 4. The van der Waals surface area contributed by atoms with Crippen molar-refractivity contribution >= 4 is 46.0 Å². The molecular formula is C38H32N6. The van der Waals surface area contributed by atoms with Gasteiger partial charge < -0.3 is 9.13 Å². The van der Waals surface area contributed by atoms with Gasteiger partial charge in [0, 0.05) is 102 Å². The van der Waals surface area contributed by atoms with E-state index in [0.29, 0.717) is 13.0 Å². The second-order valence-electron chi connectivity index (χ2n) is 10.7. The second kappa shape index (κ2) is 12.3. The minimum Gasteiger partial charge on any atom is -0.340 e. The Bertz CT molecular complexity index is 2180. The Balaban J connectivity index is 1.39. The van der Waals surface area contributed by atoms with Crippen molar-refractivity contribution in [1.82, 2.24) is 19.1 Å². The summed E-state index contributed by atoms with van der Waals surface area (Å²) < 4.78 is 4.52. The van der Waals surface area contributed by atoms with Crippen LogP contribution in [-0.4, -0.2) is 38.6 Å². The number of pyridine rings is 2. The summed E-state index contributed by atoms with van der Waals surface area (Å²) in [5.74, 6) is 2.83. The van der Waals surface area contributed by atoms with Crippen molar-refractivity contribution in [2.45, 2.75) is 33.7 Å². The van der Waals surface area contributed by atoms with Gasteiger partial charge in [0.2, 0.25) is 0 Å². The van der Waals surface area contributed by atoms with Gasteiger partial charge in [0.15, 0.2) is 0 Å². The zero-order chi connectivity index (χ0) is 30.6. The lowest BCUT2D eigenvalue weighted by molar-refractivity contribution is 0.826. The van der Waals surface area contributed by atoms with Gasteiger partial charge in [0.25, 0.3) is 0 Å². The van der Waals surface area contributed by atoms with Gasteiger partial charge in [-0.25, -0.2) is 0 Å². The van der Waals surface area contributed by atoms with Crippen molar-refractivity contribution in [3.63, 3.8) is 0 Å². The van der Waals surface area contributed by atoms with E-state index in [4.69, 9.17) is 6.42 Å². The maximum Gasteiger partial charge on any atom is 0.0687 e. The monoisotopic (exact) mass is 572 g/mol. The van der Waals surface area contributed by atoms with Crippen LogP contribution < -0.4 is 0 Å². The number of terminal acetylenes is 1. The van der Waals surface area contributed by atoms with E-state index in [1.165, 1.54) is 0 Å². The molecule has 5 heterocycles. The van der Waals surface area contributed by atoms with Gasteiger partial charge in [-0.1, -0.05) is 23.5 Å². The quantitative estimate of drug-likeness (QED) is 0.0983. The molecule has 6 heteroatoms. The number of nitrogens with zero attached hydrogens (tertiary/aromatic N) is 6. The van der Waals surface area contributed by atoms with Gasteiger partial charge >= 0.3 is 0 Å². The lowest BCUT2D eigenvalue weighted by Crippen LogP contribution is -2.01. The van der Waals surface area contributed by atoms with Crippen molar-refractivity contribution < 1.29 is 0 Å². The molecule has 0 N–H and O–H groups in total. The van der Waals surface area contributed by atoms with E-state index in [1.807, 2.05) is 55.4 Å². The molecule has 0 aromatic carbocycles. The molecule has 0 saturated heterocycles. The molecule has 0 radical (unpaired) electrons. The van der Waals surface area contributed by atoms with Crippen LogP contribution in [0.15, 0.2) is 117 Å². The maximum absolute atomic E-state index is 5.79. The molecule has 0 bridgehead atoms. The van der Waals surface area contributed by atoms with Crippen LogP contribution in [0.3, 0.4) is 0 Å². The molecule has 44 heavy (non-hydrogen) atoms.